The average Bonchev–Trinajstić information content (AvgIpc) is 2.41. The lowest BCUT2D eigenvalue weighted by atomic mass is 10.0. The highest BCUT2D eigenvalue weighted by Gasteiger charge is 2.30. The van der Waals surface area contributed by atoms with Crippen molar-refractivity contribution in [1.82, 2.24) is 4.90 Å². The predicted octanol–water partition coefficient (Wildman–Crippen LogP) is 1.11. The molecule has 2 atom stereocenters. The topological polar surface area (TPSA) is 32.7 Å². The third kappa shape index (κ3) is 3.56. The Kier molecular flexibility index (Phi) is 4.85. The Bertz CT molecular complexity index is 161. The Labute approximate surface area is 87.1 Å². The fourth-order valence-electron chi connectivity index (χ4n) is 2.23. The van der Waals surface area contributed by atoms with Gasteiger partial charge in [-0.05, 0) is 18.8 Å². The summed E-state index contributed by atoms with van der Waals surface area (Å²) >= 11 is 0. The van der Waals surface area contributed by atoms with E-state index in [-0.39, 0.29) is 6.10 Å². The second kappa shape index (κ2) is 5.69. The summed E-state index contributed by atoms with van der Waals surface area (Å²) in [6, 6.07) is 0.556. The highest BCUT2D eigenvalue weighted by molar-refractivity contribution is 4.85. The quantitative estimate of drug-likeness (QED) is 0.723. The zero-order chi connectivity index (χ0) is 10.6. The third-order valence-corrected chi connectivity index (χ3v) is 2.83. The highest BCUT2D eigenvalue weighted by atomic mass is 16.5. The molecule has 1 heterocycles. The summed E-state index contributed by atoms with van der Waals surface area (Å²) in [6.07, 6.45) is 1.98. The number of nitrogens with zero attached hydrogens (tertiary/aromatic N) is 1. The van der Waals surface area contributed by atoms with Crippen LogP contribution in [0.25, 0.3) is 0 Å². The molecule has 14 heavy (non-hydrogen) atoms. The molecule has 0 aromatic heterocycles. The van der Waals surface area contributed by atoms with Crippen molar-refractivity contribution in [1.29, 1.82) is 0 Å². The summed E-state index contributed by atoms with van der Waals surface area (Å²) in [4.78, 5) is 2.36. The van der Waals surface area contributed by atoms with Gasteiger partial charge in [0.1, 0.15) is 0 Å². The largest absolute Gasteiger partial charge is 0.392 e. The number of aliphatic hydroxyl groups is 1. The van der Waals surface area contributed by atoms with E-state index in [9.17, 15) is 5.11 Å². The molecular formula is C11H23NO2. The minimum atomic E-state index is -0.129. The van der Waals surface area contributed by atoms with Crippen LogP contribution in [0.4, 0.5) is 0 Å². The van der Waals surface area contributed by atoms with Crippen molar-refractivity contribution < 1.29 is 9.84 Å². The molecule has 0 aliphatic carbocycles. The molecule has 0 radical (unpaired) electrons. The van der Waals surface area contributed by atoms with E-state index in [0.717, 1.165) is 26.1 Å². The van der Waals surface area contributed by atoms with Crippen LogP contribution in [0.5, 0.6) is 0 Å². The van der Waals surface area contributed by atoms with Gasteiger partial charge in [-0.1, -0.05) is 13.8 Å². The van der Waals surface area contributed by atoms with Crippen molar-refractivity contribution in [3.05, 3.63) is 0 Å². The first-order chi connectivity index (χ1) is 6.63. The Hall–Kier alpha value is -0.120. The normalized spacial score (nSPS) is 28.9. The number of rotatable bonds is 5. The van der Waals surface area contributed by atoms with Gasteiger partial charge in [0.2, 0.25) is 0 Å². The molecule has 3 nitrogen and oxygen atoms in total. The summed E-state index contributed by atoms with van der Waals surface area (Å²) in [7, 11) is 1.73. The van der Waals surface area contributed by atoms with Gasteiger partial charge in [-0.2, -0.15) is 0 Å². The molecule has 0 bridgehead atoms. The Morgan fingerprint density at radius 3 is 2.79 bits per heavy atom. The second-order valence-corrected chi connectivity index (χ2v) is 4.66. The molecule has 1 N–H and O–H groups in total. The molecule has 0 amide bonds. The molecular weight excluding hydrogens is 178 g/mol. The molecule has 1 aliphatic heterocycles. The molecule has 1 saturated heterocycles. The van der Waals surface area contributed by atoms with E-state index in [1.165, 1.54) is 6.42 Å². The van der Waals surface area contributed by atoms with E-state index in [0.29, 0.717) is 12.0 Å². The number of β-amino-alcohol motifs (C(OH)–C–C–N with tert-alkyl or cyclic N) is 1. The van der Waals surface area contributed by atoms with E-state index >= 15 is 0 Å². The van der Waals surface area contributed by atoms with Crippen LogP contribution in [0.15, 0.2) is 0 Å². The number of aliphatic hydroxyl groups excluding tert-OH is 1. The van der Waals surface area contributed by atoms with Gasteiger partial charge in [-0.15, -0.1) is 0 Å². The first-order valence-electron chi connectivity index (χ1n) is 5.54. The van der Waals surface area contributed by atoms with Gasteiger partial charge >= 0.3 is 0 Å². The van der Waals surface area contributed by atoms with Crippen LogP contribution in [0.2, 0.25) is 0 Å². The number of likely N-dealkylation sites (tertiary alicyclic amines) is 1. The van der Waals surface area contributed by atoms with E-state index in [1.807, 2.05) is 0 Å². The van der Waals surface area contributed by atoms with Crippen LogP contribution in [0, 0.1) is 5.92 Å². The van der Waals surface area contributed by atoms with Gasteiger partial charge < -0.3 is 9.84 Å². The summed E-state index contributed by atoms with van der Waals surface area (Å²) in [5, 5.41) is 9.60. The highest BCUT2D eigenvalue weighted by Crippen LogP contribution is 2.23. The van der Waals surface area contributed by atoms with Crippen LogP contribution in [-0.4, -0.2) is 49.0 Å². The van der Waals surface area contributed by atoms with E-state index < -0.39 is 0 Å². The van der Waals surface area contributed by atoms with Gasteiger partial charge in [0.05, 0.1) is 12.7 Å². The monoisotopic (exact) mass is 201 g/mol. The molecule has 0 unspecified atom stereocenters. The van der Waals surface area contributed by atoms with Crippen molar-refractivity contribution in [3.8, 4) is 0 Å². The first-order valence-corrected chi connectivity index (χ1v) is 5.54. The van der Waals surface area contributed by atoms with Crippen molar-refractivity contribution in [2.45, 2.75) is 38.8 Å². The lowest BCUT2D eigenvalue weighted by Gasteiger charge is -2.24. The van der Waals surface area contributed by atoms with Crippen LogP contribution in [-0.2, 0) is 4.74 Å². The number of ether oxygens (including phenoxy) is 1. The molecule has 0 saturated carbocycles. The minimum Gasteiger partial charge on any atom is -0.392 e. The van der Waals surface area contributed by atoms with Crippen LogP contribution >= 0.6 is 0 Å². The van der Waals surface area contributed by atoms with Crippen LogP contribution in [0.1, 0.15) is 26.7 Å². The third-order valence-electron chi connectivity index (χ3n) is 2.83. The second-order valence-electron chi connectivity index (χ2n) is 4.66. The predicted molar refractivity (Wildman–Crippen MR) is 57.3 cm³/mol. The molecule has 0 spiro atoms. The van der Waals surface area contributed by atoms with Crippen molar-refractivity contribution in [2.24, 2.45) is 5.92 Å². The van der Waals surface area contributed by atoms with Gasteiger partial charge in [0.15, 0.2) is 0 Å². The summed E-state index contributed by atoms with van der Waals surface area (Å²) in [6.45, 7) is 7.01. The number of methoxy groups -OCH3 is 1. The first kappa shape index (κ1) is 12.0. The van der Waals surface area contributed by atoms with E-state index in [4.69, 9.17) is 4.74 Å². The maximum atomic E-state index is 9.60. The molecule has 0 aromatic carbocycles. The number of hydrogen-bond acceptors (Lipinski definition) is 3. The fourth-order valence-corrected chi connectivity index (χ4v) is 2.23. The Morgan fingerprint density at radius 1 is 1.50 bits per heavy atom. The summed E-state index contributed by atoms with van der Waals surface area (Å²) in [5.41, 5.74) is 0. The zero-order valence-corrected chi connectivity index (χ0v) is 9.57. The van der Waals surface area contributed by atoms with E-state index in [1.54, 1.807) is 7.11 Å². The molecule has 1 rings (SSSR count). The lowest BCUT2D eigenvalue weighted by Crippen LogP contribution is -2.33. The smallest absolute Gasteiger partial charge is 0.0682 e. The van der Waals surface area contributed by atoms with Crippen LogP contribution in [0.3, 0.4) is 0 Å². The molecule has 1 aliphatic rings. The van der Waals surface area contributed by atoms with Crippen LogP contribution < -0.4 is 0 Å². The molecule has 1 fully saturated rings. The molecule has 0 aromatic rings. The lowest BCUT2D eigenvalue weighted by molar-refractivity contribution is 0.125. The van der Waals surface area contributed by atoms with Gasteiger partial charge in [0, 0.05) is 26.2 Å². The van der Waals surface area contributed by atoms with Gasteiger partial charge in [0.25, 0.3) is 0 Å². The van der Waals surface area contributed by atoms with Gasteiger partial charge in [-0.3, -0.25) is 4.90 Å². The molecule has 3 heteroatoms. The SMILES string of the molecule is COCCN1C[C@@H](O)C[C@@H]1CC(C)C. The van der Waals surface area contributed by atoms with Crippen molar-refractivity contribution in [2.75, 3.05) is 26.8 Å². The zero-order valence-electron chi connectivity index (χ0n) is 9.57. The minimum absolute atomic E-state index is 0.129. The molecule has 84 valence electrons. The van der Waals surface area contributed by atoms with Crippen molar-refractivity contribution >= 4 is 0 Å². The average molecular weight is 201 g/mol. The number of hydrogen-bond donors (Lipinski definition) is 1. The summed E-state index contributed by atoms with van der Waals surface area (Å²) < 4.78 is 5.07. The van der Waals surface area contributed by atoms with E-state index in [2.05, 4.69) is 18.7 Å². The fraction of sp³-hybridized carbons (Fsp3) is 1.00. The summed E-state index contributed by atoms with van der Waals surface area (Å²) in [5.74, 6) is 0.704. The Balaban J connectivity index is 2.37. The maximum absolute atomic E-state index is 9.60. The Morgan fingerprint density at radius 2 is 2.21 bits per heavy atom. The maximum Gasteiger partial charge on any atom is 0.0682 e. The van der Waals surface area contributed by atoms with Gasteiger partial charge in [-0.25, -0.2) is 0 Å². The standard InChI is InChI=1S/C11H23NO2/c1-9(2)6-10-7-11(13)8-12(10)4-5-14-3/h9-11,13H,4-8H2,1-3H3/t10-,11-/m0/s1. The van der Waals surface area contributed by atoms with Crippen molar-refractivity contribution in [3.63, 3.8) is 0 Å².